The van der Waals surface area contributed by atoms with Gasteiger partial charge in [0.25, 0.3) is 0 Å². The number of hydrogen-bond acceptors (Lipinski definition) is 6. The molecule has 3 heterocycles. The number of alkyl halides is 1. The van der Waals surface area contributed by atoms with Crippen LogP contribution in [0, 0.1) is 17.0 Å². The molecule has 1 saturated heterocycles. The molecule has 5 nitrogen and oxygen atoms in total. The number of carboxylic acid groups (broad SMARTS) is 1. The van der Waals surface area contributed by atoms with Gasteiger partial charge in [-0.15, -0.1) is 11.8 Å². The summed E-state index contributed by atoms with van der Waals surface area (Å²) in [5.41, 5.74) is 1.01. The fraction of sp³-hybridized carbons (Fsp3) is 0.440. The highest BCUT2D eigenvalue weighted by Gasteiger charge is 2.34. The Hall–Kier alpha value is -1.94. The summed E-state index contributed by atoms with van der Waals surface area (Å²) in [6.45, 7) is 1.93. The van der Waals surface area contributed by atoms with Crippen molar-refractivity contribution in [3.05, 3.63) is 52.2 Å². The van der Waals surface area contributed by atoms with Crippen LogP contribution in [0.2, 0.25) is 5.02 Å². The van der Waals surface area contributed by atoms with Crippen LogP contribution in [0.5, 0.6) is 5.75 Å². The Labute approximate surface area is 216 Å². The summed E-state index contributed by atoms with van der Waals surface area (Å²) >= 11 is 9.04. The molecule has 0 spiro atoms. The zero-order chi connectivity index (χ0) is 24.9. The average Bonchev–Trinajstić information content (AvgIpc) is 3.27. The summed E-state index contributed by atoms with van der Waals surface area (Å²) in [6, 6.07) is 8.48. The number of aromatic nitrogens is 1. The van der Waals surface area contributed by atoms with Crippen molar-refractivity contribution < 1.29 is 23.4 Å². The van der Waals surface area contributed by atoms with Crippen molar-refractivity contribution in [2.75, 3.05) is 32.5 Å². The Bertz CT molecular complexity index is 1180. The maximum atomic E-state index is 15.5. The molecule has 0 radical (unpaired) electrons. The van der Waals surface area contributed by atoms with E-state index in [1.807, 2.05) is 0 Å². The molecule has 35 heavy (non-hydrogen) atoms. The minimum atomic E-state index is -1.34. The fourth-order valence-electron chi connectivity index (χ4n) is 4.66. The standard InChI is InChI=1S/C25H27ClF2N2O3S2/c1-33-16-3-5-21-17(12-16)24(19(26)13-29-21)20(27)4-2-15-8-9-30(14-18(15)25(31)32)10-11-34-23-7-6-22(28)35-23/h3,5-7,12-13,15,18,20H,2,4,8-11,14H2,1H3,(H,31,32)/t15-,18+,20-/m0/s1. The SMILES string of the molecule is COc1ccc2ncc(Cl)c([C@@H](F)CC[C@H]3CCN(CCSc4ccc(F)s4)C[C@H]3C(=O)O)c2c1. The van der Waals surface area contributed by atoms with E-state index in [-0.39, 0.29) is 22.5 Å². The number of fused-ring (bicyclic) bond motifs is 1. The quantitative estimate of drug-likeness (QED) is 0.289. The number of hydrogen-bond donors (Lipinski definition) is 1. The molecular formula is C25H27ClF2N2O3S2. The fourth-order valence-corrected chi connectivity index (χ4v) is 6.84. The van der Waals surface area contributed by atoms with Gasteiger partial charge in [-0.1, -0.05) is 22.9 Å². The van der Waals surface area contributed by atoms with Gasteiger partial charge in [0.05, 0.1) is 27.8 Å². The van der Waals surface area contributed by atoms with E-state index in [1.165, 1.54) is 12.3 Å². The van der Waals surface area contributed by atoms with E-state index in [2.05, 4.69) is 9.88 Å². The summed E-state index contributed by atoms with van der Waals surface area (Å²) in [5, 5.41) is 10.5. The van der Waals surface area contributed by atoms with Crippen molar-refractivity contribution in [1.82, 2.24) is 9.88 Å². The number of nitrogens with zero attached hydrogens (tertiary/aromatic N) is 2. The van der Waals surface area contributed by atoms with Crippen molar-refractivity contribution in [2.24, 2.45) is 11.8 Å². The van der Waals surface area contributed by atoms with Crippen molar-refractivity contribution in [1.29, 1.82) is 0 Å². The highest BCUT2D eigenvalue weighted by molar-refractivity contribution is 8.01. The van der Waals surface area contributed by atoms with E-state index in [1.54, 1.807) is 43.1 Å². The average molecular weight is 541 g/mol. The molecule has 0 saturated carbocycles. The van der Waals surface area contributed by atoms with E-state index < -0.39 is 18.1 Å². The van der Waals surface area contributed by atoms with Crippen LogP contribution < -0.4 is 4.74 Å². The monoisotopic (exact) mass is 540 g/mol. The molecule has 1 aliphatic heterocycles. The van der Waals surface area contributed by atoms with Crippen LogP contribution in [-0.4, -0.2) is 53.5 Å². The molecule has 3 atom stereocenters. The number of piperidine rings is 1. The van der Waals surface area contributed by atoms with Crippen LogP contribution in [0.4, 0.5) is 8.78 Å². The largest absolute Gasteiger partial charge is 0.497 e. The molecule has 4 rings (SSSR count). The number of aliphatic carboxylic acids is 1. The third kappa shape index (κ3) is 6.44. The number of thioether (sulfide) groups is 1. The smallest absolute Gasteiger partial charge is 0.308 e. The Morgan fingerprint density at radius 3 is 2.94 bits per heavy atom. The molecule has 10 heteroatoms. The maximum absolute atomic E-state index is 15.5. The molecule has 1 aliphatic rings. The van der Waals surface area contributed by atoms with Gasteiger partial charge in [0.15, 0.2) is 5.13 Å². The summed E-state index contributed by atoms with van der Waals surface area (Å²) < 4.78 is 34.9. The predicted octanol–water partition coefficient (Wildman–Crippen LogP) is 6.70. The molecular weight excluding hydrogens is 514 g/mol. The number of benzene rings is 1. The van der Waals surface area contributed by atoms with Gasteiger partial charge in [0.1, 0.15) is 11.9 Å². The number of rotatable bonds is 10. The van der Waals surface area contributed by atoms with Gasteiger partial charge in [-0.25, -0.2) is 4.39 Å². The van der Waals surface area contributed by atoms with Gasteiger partial charge in [-0.3, -0.25) is 9.78 Å². The molecule has 1 N–H and O–H groups in total. The van der Waals surface area contributed by atoms with Gasteiger partial charge in [0.2, 0.25) is 0 Å². The van der Waals surface area contributed by atoms with Crippen molar-refractivity contribution in [3.63, 3.8) is 0 Å². The molecule has 2 aromatic heterocycles. The van der Waals surface area contributed by atoms with E-state index in [4.69, 9.17) is 16.3 Å². The molecule has 3 aromatic rings. The normalized spacial score (nSPS) is 19.7. The second-order valence-corrected chi connectivity index (χ2v) is 11.5. The Balaban J connectivity index is 1.37. The van der Waals surface area contributed by atoms with Gasteiger partial charge >= 0.3 is 5.97 Å². The van der Waals surface area contributed by atoms with Crippen LogP contribution in [0.1, 0.15) is 31.0 Å². The van der Waals surface area contributed by atoms with E-state index in [9.17, 15) is 14.3 Å². The first kappa shape index (κ1) is 26.1. The summed E-state index contributed by atoms with van der Waals surface area (Å²) in [7, 11) is 1.55. The third-order valence-electron chi connectivity index (χ3n) is 6.53. The molecule has 1 aromatic carbocycles. The Morgan fingerprint density at radius 1 is 1.40 bits per heavy atom. The van der Waals surface area contributed by atoms with E-state index in [0.29, 0.717) is 41.6 Å². The lowest BCUT2D eigenvalue weighted by Gasteiger charge is -2.36. The number of ether oxygens (including phenoxy) is 1. The van der Waals surface area contributed by atoms with Crippen LogP contribution in [0.15, 0.2) is 40.7 Å². The zero-order valence-corrected chi connectivity index (χ0v) is 21.6. The predicted molar refractivity (Wildman–Crippen MR) is 137 cm³/mol. The molecule has 0 unspecified atom stereocenters. The Morgan fingerprint density at radius 2 is 2.23 bits per heavy atom. The topological polar surface area (TPSA) is 62.7 Å². The third-order valence-corrected chi connectivity index (χ3v) is 8.91. The number of thiophene rings is 1. The molecule has 1 fully saturated rings. The minimum Gasteiger partial charge on any atom is -0.497 e. The van der Waals surface area contributed by atoms with Gasteiger partial charge in [0, 0.05) is 36.0 Å². The molecule has 0 amide bonds. The van der Waals surface area contributed by atoms with Gasteiger partial charge in [-0.05, 0) is 62.1 Å². The van der Waals surface area contributed by atoms with Crippen molar-refractivity contribution in [2.45, 2.75) is 29.6 Å². The maximum Gasteiger partial charge on any atom is 0.308 e. The molecule has 0 bridgehead atoms. The van der Waals surface area contributed by atoms with Gasteiger partial charge in [-0.2, -0.15) is 4.39 Å². The summed E-state index contributed by atoms with van der Waals surface area (Å²) in [4.78, 5) is 18.4. The zero-order valence-electron chi connectivity index (χ0n) is 19.3. The number of carboxylic acids is 1. The lowest BCUT2D eigenvalue weighted by atomic mass is 9.81. The highest BCUT2D eigenvalue weighted by Crippen LogP contribution is 2.38. The molecule has 0 aliphatic carbocycles. The minimum absolute atomic E-state index is 0.109. The Kier molecular flexibility index (Phi) is 8.86. The van der Waals surface area contributed by atoms with Crippen LogP contribution in [0.3, 0.4) is 0 Å². The summed E-state index contributed by atoms with van der Waals surface area (Å²) in [5.74, 6) is -0.149. The first-order valence-corrected chi connectivity index (χ1v) is 13.6. The highest BCUT2D eigenvalue weighted by atomic mass is 35.5. The first-order chi connectivity index (χ1) is 16.9. The lowest BCUT2D eigenvalue weighted by molar-refractivity contribution is -0.146. The van der Waals surface area contributed by atoms with Crippen LogP contribution in [0.25, 0.3) is 10.9 Å². The number of methoxy groups -OCH3 is 1. The van der Waals surface area contributed by atoms with E-state index >= 15 is 4.39 Å². The molecule has 188 valence electrons. The number of halogens is 3. The van der Waals surface area contributed by atoms with E-state index in [0.717, 1.165) is 34.4 Å². The number of pyridine rings is 1. The first-order valence-electron chi connectivity index (χ1n) is 11.4. The van der Waals surface area contributed by atoms with Crippen molar-refractivity contribution in [3.8, 4) is 5.75 Å². The second kappa shape index (κ2) is 11.9. The summed E-state index contributed by atoms with van der Waals surface area (Å²) in [6.07, 6.45) is 1.46. The second-order valence-electron chi connectivity index (χ2n) is 8.65. The number of likely N-dealkylation sites (tertiary alicyclic amines) is 1. The van der Waals surface area contributed by atoms with Crippen LogP contribution >= 0.6 is 34.7 Å². The number of carbonyl (C=O) groups is 1. The van der Waals surface area contributed by atoms with Crippen LogP contribution in [-0.2, 0) is 4.79 Å². The van der Waals surface area contributed by atoms with Gasteiger partial charge < -0.3 is 14.7 Å². The lowest BCUT2D eigenvalue weighted by Crippen LogP contribution is -2.44. The van der Waals surface area contributed by atoms with Crippen molar-refractivity contribution >= 4 is 51.6 Å².